The van der Waals surface area contributed by atoms with E-state index in [1.54, 1.807) is 0 Å². The van der Waals surface area contributed by atoms with Gasteiger partial charge in [0.25, 0.3) is 0 Å². The minimum absolute atomic E-state index is 0.261. The Labute approximate surface area is 172 Å². The molecule has 28 heavy (non-hydrogen) atoms. The summed E-state index contributed by atoms with van der Waals surface area (Å²) in [6, 6.07) is 0. The first-order valence-corrected chi connectivity index (χ1v) is 11.3. The smallest absolute Gasteiger partial charge is 0.122 e. The molecule has 0 rings (SSSR count). The third kappa shape index (κ3) is 17.7. The van der Waals surface area contributed by atoms with Crippen molar-refractivity contribution in [3.63, 3.8) is 0 Å². The van der Waals surface area contributed by atoms with Crippen LogP contribution in [0.1, 0.15) is 117 Å². The molecule has 0 fully saturated rings. The van der Waals surface area contributed by atoms with Crippen LogP contribution in [0, 0.1) is 16.2 Å². The summed E-state index contributed by atoms with van der Waals surface area (Å²) in [6.45, 7) is 4.38. The molecule has 0 bridgehead atoms. The number of unbranched alkanes of at least 4 members (excludes halogenated alkanes) is 9. The zero-order chi connectivity index (χ0) is 21.0. The zero-order valence-corrected chi connectivity index (χ0v) is 18.3. The average molecular weight is 393 g/mol. The van der Waals surface area contributed by atoms with Crippen LogP contribution in [0.15, 0.2) is 4.99 Å². The fraction of sp³-hybridized carbons (Fsp3) is 0.818. The van der Waals surface area contributed by atoms with Crippen LogP contribution < -0.4 is 11.1 Å². The predicted molar refractivity (Wildman–Crippen MR) is 123 cm³/mol. The summed E-state index contributed by atoms with van der Waals surface area (Å²) in [5.41, 5.74) is 5.39. The highest BCUT2D eigenvalue weighted by Gasteiger charge is 2.06. The highest BCUT2D eigenvalue weighted by atomic mass is 15.0. The van der Waals surface area contributed by atoms with Gasteiger partial charge in [0, 0.05) is 25.7 Å². The fourth-order valence-corrected chi connectivity index (χ4v) is 3.01. The van der Waals surface area contributed by atoms with Crippen molar-refractivity contribution in [1.29, 1.82) is 16.2 Å². The maximum Gasteiger partial charge on any atom is 0.122 e. The first-order valence-electron chi connectivity index (χ1n) is 11.3. The van der Waals surface area contributed by atoms with Crippen molar-refractivity contribution >= 4 is 23.3 Å². The summed E-state index contributed by atoms with van der Waals surface area (Å²) in [5.74, 6) is 1.98. The average Bonchev–Trinajstić information content (AvgIpc) is 2.65. The SMILES string of the molecule is CCCCCCC(=N)N=C(CCCCCCC(=N)N)NC(=N)CCCCCC. The summed E-state index contributed by atoms with van der Waals surface area (Å²) < 4.78 is 0. The van der Waals surface area contributed by atoms with Crippen LogP contribution in [0.3, 0.4) is 0 Å². The fourth-order valence-electron chi connectivity index (χ4n) is 3.01. The number of aliphatic imine (C=N–C) groups is 1. The van der Waals surface area contributed by atoms with E-state index in [1.807, 2.05) is 0 Å². The summed E-state index contributed by atoms with van der Waals surface area (Å²) in [6.07, 6.45) is 16.2. The summed E-state index contributed by atoms with van der Waals surface area (Å²) >= 11 is 0. The molecular formula is C22H44N6. The molecule has 0 aliphatic carbocycles. The van der Waals surface area contributed by atoms with Gasteiger partial charge in [0.05, 0.1) is 11.7 Å². The molecule has 162 valence electrons. The molecule has 0 aromatic heterocycles. The Bertz CT molecular complexity index is 470. The summed E-state index contributed by atoms with van der Waals surface area (Å²) in [5, 5.41) is 26.8. The third-order valence-corrected chi connectivity index (χ3v) is 4.72. The number of nitrogens with two attached hydrogens (primary N) is 1. The molecule has 0 radical (unpaired) electrons. The minimum atomic E-state index is 0.261. The molecule has 0 atom stereocenters. The van der Waals surface area contributed by atoms with E-state index in [2.05, 4.69) is 24.2 Å². The molecule has 6 nitrogen and oxygen atoms in total. The van der Waals surface area contributed by atoms with Gasteiger partial charge in [-0.05, 0) is 25.7 Å². The quantitative estimate of drug-likeness (QED) is 0.116. The van der Waals surface area contributed by atoms with Crippen molar-refractivity contribution in [3.8, 4) is 0 Å². The van der Waals surface area contributed by atoms with Gasteiger partial charge in [-0.2, -0.15) is 0 Å². The predicted octanol–water partition coefficient (Wildman–Crippen LogP) is 6.15. The first-order chi connectivity index (χ1) is 13.5. The molecule has 0 aromatic carbocycles. The molecule has 0 unspecified atom stereocenters. The van der Waals surface area contributed by atoms with Crippen LogP contribution in [-0.2, 0) is 0 Å². The van der Waals surface area contributed by atoms with Gasteiger partial charge < -0.3 is 11.1 Å². The maximum atomic E-state index is 8.19. The number of hydrogen-bond acceptors (Lipinski definition) is 3. The normalized spacial score (nSPS) is 11.4. The number of hydrogen-bond donors (Lipinski definition) is 5. The van der Waals surface area contributed by atoms with Crippen LogP contribution in [0.25, 0.3) is 0 Å². The van der Waals surface area contributed by atoms with Crippen molar-refractivity contribution in [3.05, 3.63) is 0 Å². The van der Waals surface area contributed by atoms with Gasteiger partial charge in [-0.25, -0.2) is 4.99 Å². The number of nitrogens with zero attached hydrogens (tertiary/aromatic N) is 1. The molecule has 6 N–H and O–H groups in total. The molecule has 0 aromatic rings. The summed E-state index contributed by atoms with van der Waals surface area (Å²) in [7, 11) is 0. The Balaban J connectivity index is 4.42. The Morgan fingerprint density at radius 2 is 1.18 bits per heavy atom. The molecule has 0 spiro atoms. The Morgan fingerprint density at radius 1 is 0.679 bits per heavy atom. The maximum absolute atomic E-state index is 8.19. The Kier molecular flexibility index (Phi) is 17.5. The minimum Gasteiger partial charge on any atom is -0.388 e. The standard InChI is InChI=1S/C22H44N6/c1-3-5-7-12-16-20(25)27-22(18-14-10-9-11-15-19(23)24)28-21(26)17-13-8-6-4-2/h3-18H2,1-2H3,(H3,23,24)(H3,25,26,27,28). The van der Waals surface area contributed by atoms with Crippen LogP contribution in [0.4, 0.5) is 0 Å². The van der Waals surface area contributed by atoms with E-state index in [0.717, 1.165) is 70.0 Å². The topological polar surface area (TPSA) is 122 Å². The van der Waals surface area contributed by atoms with Crippen molar-refractivity contribution in [2.45, 2.75) is 117 Å². The van der Waals surface area contributed by atoms with Gasteiger partial charge >= 0.3 is 0 Å². The number of nitrogens with one attached hydrogen (secondary N) is 4. The lowest BCUT2D eigenvalue weighted by atomic mass is 10.1. The van der Waals surface area contributed by atoms with Crippen molar-refractivity contribution in [1.82, 2.24) is 5.32 Å². The van der Waals surface area contributed by atoms with E-state index in [9.17, 15) is 0 Å². The van der Waals surface area contributed by atoms with Gasteiger partial charge in [-0.3, -0.25) is 16.2 Å². The molecule has 0 aliphatic rings. The van der Waals surface area contributed by atoms with E-state index in [4.69, 9.17) is 22.0 Å². The van der Waals surface area contributed by atoms with Gasteiger partial charge in [-0.15, -0.1) is 0 Å². The highest BCUT2D eigenvalue weighted by molar-refractivity contribution is 6.04. The molecule has 0 amide bonds. The molecule has 0 heterocycles. The Hall–Kier alpha value is -1.72. The monoisotopic (exact) mass is 392 g/mol. The van der Waals surface area contributed by atoms with Crippen LogP contribution in [0.2, 0.25) is 0 Å². The second-order valence-corrected chi connectivity index (χ2v) is 7.67. The van der Waals surface area contributed by atoms with Gasteiger partial charge in [0.1, 0.15) is 11.7 Å². The lowest BCUT2D eigenvalue weighted by molar-refractivity contribution is 0.660. The second kappa shape index (κ2) is 18.6. The van der Waals surface area contributed by atoms with Crippen LogP contribution >= 0.6 is 0 Å². The van der Waals surface area contributed by atoms with E-state index in [0.29, 0.717) is 24.5 Å². The van der Waals surface area contributed by atoms with Gasteiger partial charge in [-0.1, -0.05) is 65.2 Å². The lowest BCUT2D eigenvalue weighted by Gasteiger charge is -2.12. The molecule has 6 heteroatoms. The van der Waals surface area contributed by atoms with Crippen LogP contribution in [-0.4, -0.2) is 23.3 Å². The summed E-state index contributed by atoms with van der Waals surface area (Å²) in [4.78, 5) is 4.50. The third-order valence-electron chi connectivity index (χ3n) is 4.72. The van der Waals surface area contributed by atoms with E-state index in [-0.39, 0.29) is 5.84 Å². The molecular weight excluding hydrogens is 348 g/mol. The highest BCUT2D eigenvalue weighted by Crippen LogP contribution is 2.08. The van der Waals surface area contributed by atoms with Crippen molar-refractivity contribution in [2.24, 2.45) is 10.7 Å². The van der Waals surface area contributed by atoms with Crippen LogP contribution in [0.5, 0.6) is 0 Å². The number of amidine groups is 4. The van der Waals surface area contributed by atoms with E-state index >= 15 is 0 Å². The van der Waals surface area contributed by atoms with Gasteiger partial charge in [0.2, 0.25) is 0 Å². The van der Waals surface area contributed by atoms with Crippen molar-refractivity contribution in [2.75, 3.05) is 0 Å². The largest absolute Gasteiger partial charge is 0.388 e. The van der Waals surface area contributed by atoms with Crippen molar-refractivity contribution < 1.29 is 0 Å². The Morgan fingerprint density at radius 3 is 1.75 bits per heavy atom. The lowest BCUT2D eigenvalue weighted by Crippen LogP contribution is -2.30. The van der Waals surface area contributed by atoms with E-state index in [1.165, 1.54) is 25.7 Å². The molecule has 0 saturated heterocycles. The molecule has 0 aliphatic heterocycles. The number of rotatable bonds is 17. The molecule has 0 saturated carbocycles. The van der Waals surface area contributed by atoms with E-state index < -0.39 is 0 Å². The van der Waals surface area contributed by atoms with Gasteiger partial charge in [0.15, 0.2) is 0 Å². The first kappa shape index (κ1) is 26.3. The second-order valence-electron chi connectivity index (χ2n) is 7.67. The zero-order valence-electron chi connectivity index (χ0n) is 18.3.